The fraction of sp³-hybridized carbons (Fsp3) is 0.615. The fourth-order valence-corrected chi connectivity index (χ4v) is 3.78. The van der Waals surface area contributed by atoms with Gasteiger partial charge < -0.3 is 4.90 Å². The van der Waals surface area contributed by atoms with Crippen LogP contribution in [0.2, 0.25) is 0 Å². The summed E-state index contributed by atoms with van der Waals surface area (Å²) in [7, 11) is 0. The van der Waals surface area contributed by atoms with Crippen molar-refractivity contribution in [3.8, 4) is 0 Å². The van der Waals surface area contributed by atoms with Crippen LogP contribution in [-0.2, 0) is 4.79 Å². The summed E-state index contributed by atoms with van der Waals surface area (Å²) in [5.74, 6) is -0.372. The van der Waals surface area contributed by atoms with Crippen molar-refractivity contribution in [3.63, 3.8) is 0 Å². The predicted octanol–water partition coefficient (Wildman–Crippen LogP) is 2.81. The van der Waals surface area contributed by atoms with Gasteiger partial charge in [-0.25, -0.2) is 0 Å². The number of halogens is 3. The number of carbonyl (C=O) groups excluding carboxylic acids is 1. The van der Waals surface area contributed by atoms with Gasteiger partial charge in [-0.2, -0.15) is 24.5 Å². The predicted molar refractivity (Wildman–Crippen MR) is 67.0 cm³/mol. The number of thiophene rings is 1. The minimum atomic E-state index is -4.36. The van der Waals surface area contributed by atoms with Gasteiger partial charge in [0.05, 0.1) is 0 Å². The Hall–Kier alpha value is -1.08. The molecule has 3 nitrogen and oxygen atoms in total. The topological polar surface area (TPSA) is 32.3 Å². The van der Waals surface area contributed by atoms with Crippen molar-refractivity contribution in [2.75, 3.05) is 0 Å². The molecule has 1 N–H and O–H groups in total. The van der Waals surface area contributed by atoms with E-state index < -0.39 is 23.4 Å². The SMILES string of the molecule is O=C1N(C2(C(F)(F)F)CC2)C(c2ccsc2)NC12CC2. The lowest BCUT2D eigenvalue weighted by Gasteiger charge is -2.34. The maximum absolute atomic E-state index is 13.4. The van der Waals surface area contributed by atoms with Crippen molar-refractivity contribution in [2.45, 2.75) is 49.1 Å². The third-order valence-corrected chi connectivity index (χ3v) is 5.32. The minimum Gasteiger partial charge on any atom is -0.306 e. The van der Waals surface area contributed by atoms with E-state index in [1.54, 1.807) is 6.07 Å². The van der Waals surface area contributed by atoms with Crippen LogP contribution in [0.25, 0.3) is 0 Å². The van der Waals surface area contributed by atoms with E-state index in [2.05, 4.69) is 5.32 Å². The van der Waals surface area contributed by atoms with Crippen molar-refractivity contribution in [1.29, 1.82) is 0 Å². The lowest BCUT2D eigenvalue weighted by Crippen LogP contribution is -2.51. The molecular formula is C13H13F3N2OS. The first-order chi connectivity index (χ1) is 9.40. The molecule has 2 aliphatic carbocycles. The first-order valence-corrected chi connectivity index (χ1v) is 7.54. The first-order valence-electron chi connectivity index (χ1n) is 6.60. The lowest BCUT2D eigenvalue weighted by atomic mass is 10.1. The Labute approximate surface area is 117 Å². The second-order valence-electron chi connectivity index (χ2n) is 5.89. The highest BCUT2D eigenvalue weighted by Gasteiger charge is 2.74. The second-order valence-corrected chi connectivity index (χ2v) is 6.67. The molecule has 2 saturated carbocycles. The number of rotatable bonds is 2. The van der Waals surface area contributed by atoms with Gasteiger partial charge in [-0.05, 0) is 48.1 Å². The third-order valence-electron chi connectivity index (χ3n) is 4.62. The highest BCUT2D eigenvalue weighted by molar-refractivity contribution is 7.08. The summed E-state index contributed by atoms with van der Waals surface area (Å²) in [6.07, 6.45) is -3.70. The van der Waals surface area contributed by atoms with Gasteiger partial charge in [-0.15, -0.1) is 0 Å². The van der Waals surface area contributed by atoms with Gasteiger partial charge in [0.25, 0.3) is 0 Å². The molecule has 1 aromatic rings. The van der Waals surface area contributed by atoms with Gasteiger partial charge in [-0.3, -0.25) is 10.1 Å². The molecule has 1 spiro atoms. The summed E-state index contributed by atoms with van der Waals surface area (Å²) in [6.45, 7) is 0. The third kappa shape index (κ3) is 1.47. The van der Waals surface area contributed by atoms with Crippen LogP contribution in [0, 0.1) is 0 Å². The van der Waals surface area contributed by atoms with Crippen LogP contribution in [0.1, 0.15) is 37.4 Å². The number of alkyl halides is 3. The summed E-state index contributed by atoms with van der Waals surface area (Å²) >= 11 is 1.43. The fourth-order valence-electron chi connectivity index (χ4n) is 3.10. The standard InChI is InChI=1S/C13H13F3N2OS/c14-13(15,16)12(4-5-12)18-9(8-1-6-20-7-8)17-11(2-3-11)10(18)19/h1,6-7,9,17H,2-5H2. The van der Waals surface area contributed by atoms with Crippen LogP contribution >= 0.6 is 11.3 Å². The van der Waals surface area contributed by atoms with E-state index in [0.29, 0.717) is 12.8 Å². The smallest absolute Gasteiger partial charge is 0.306 e. The zero-order valence-corrected chi connectivity index (χ0v) is 11.4. The number of hydrogen-bond acceptors (Lipinski definition) is 3. The summed E-state index contributed by atoms with van der Waals surface area (Å²) in [5, 5.41) is 6.78. The number of amides is 1. The number of hydrogen-bond donors (Lipinski definition) is 1. The molecule has 1 aliphatic heterocycles. The molecule has 20 heavy (non-hydrogen) atoms. The molecule has 3 fully saturated rings. The van der Waals surface area contributed by atoms with Crippen LogP contribution in [0.4, 0.5) is 13.2 Å². The van der Waals surface area contributed by atoms with E-state index in [0.717, 1.165) is 10.5 Å². The Morgan fingerprint density at radius 3 is 2.45 bits per heavy atom. The quantitative estimate of drug-likeness (QED) is 0.911. The van der Waals surface area contributed by atoms with Crippen molar-refractivity contribution in [2.24, 2.45) is 0 Å². The van der Waals surface area contributed by atoms with E-state index in [-0.39, 0.29) is 18.7 Å². The Morgan fingerprint density at radius 1 is 1.30 bits per heavy atom. The monoisotopic (exact) mass is 302 g/mol. The molecule has 1 amide bonds. The second kappa shape index (κ2) is 3.57. The molecule has 2 heterocycles. The maximum Gasteiger partial charge on any atom is 0.411 e. The molecule has 108 valence electrons. The number of nitrogens with zero attached hydrogens (tertiary/aromatic N) is 1. The zero-order chi connectivity index (χ0) is 14.2. The van der Waals surface area contributed by atoms with Crippen molar-refractivity contribution in [1.82, 2.24) is 10.2 Å². The lowest BCUT2D eigenvalue weighted by molar-refractivity contribution is -0.202. The van der Waals surface area contributed by atoms with E-state index in [9.17, 15) is 18.0 Å². The molecule has 3 aliphatic rings. The average Bonchev–Trinajstić information content (AvgIpc) is 3.25. The van der Waals surface area contributed by atoms with Crippen LogP contribution in [0.3, 0.4) is 0 Å². The Bertz CT molecular complexity index is 561. The Kier molecular flexibility index (Phi) is 2.26. The number of nitrogens with one attached hydrogen (secondary N) is 1. The summed E-state index contributed by atoms with van der Waals surface area (Å²) in [4.78, 5) is 13.6. The summed E-state index contributed by atoms with van der Waals surface area (Å²) < 4.78 is 40.2. The molecular weight excluding hydrogens is 289 g/mol. The van der Waals surface area contributed by atoms with Crippen LogP contribution in [-0.4, -0.2) is 28.1 Å². The highest BCUT2D eigenvalue weighted by atomic mass is 32.1. The Morgan fingerprint density at radius 2 is 2.00 bits per heavy atom. The van der Waals surface area contributed by atoms with E-state index in [1.807, 2.05) is 10.8 Å². The first kappa shape index (κ1) is 12.6. The normalized spacial score (nSPS) is 30.1. The van der Waals surface area contributed by atoms with Crippen LogP contribution < -0.4 is 5.32 Å². The molecule has 1 saturated heterocycles. The van der Waals surface area contributed by atoms with Crippen molar-refractivity contribution >= 4 is 17.2 Å². The van der Waals surface area contributed by atoms with Crippen molar-refractivity contribution in [3.05, 3.63) is 22.4 Å². The molecule has 1 atom stereocenters. The largest absolute Gasteiger partial charge is 0.411 e. The molecule has 1 aromatic heterocycles. The average molecular weight is 302 g/mol. The maximum atomic E-state index is 13.4. The van der Waals surface area contributed by atoms with Crippen LogP contribution in [0.15, 0.2) is 16.8 Å². The van der Waals surface area contributed by atoms with Gasteiger partial charge >= 0.3 is 6.18 Å². The van der Waals surface area contributed by atoms with E-state index in [4.69, 9.17) is 0 Å². The van der Waals surface area contributed by atoms with Gasteiger partial charge in [0.2, 0.25) is 5.91 Å². The minimum absolute atomic E-state index is 0.0145. The Balaban J connectivity index is 1.77. The molecule has 4 rings (SSSR count). The van der Waals surface area contributed by atoms with Gasteiger partial charge in [0, 0.05) is 0 Å². The molecule has 0 bridgehead atoms. The number of carbonyl (C=O) groups is 1. The molecule has 1 unspecified atom stereocenters. The molecule has 0 aromatic carbocycles. The highest BCUT2D eigenvalue weighted by Crippen LogP contribution is 2.60. The van der Waals surface area contributed by atoms with E-state index >= 15 is 0 Å². The molecule has 7 heteroatoms. The summed E-state index contributed by atoms with van der Waals surface area (Å²) in [6, 6.07) is 1.79. The van der Waals surface area contributed by atoms with E-state index in [1.165, 1.54) is 11.3 Å². The summed E-state index contributed by atoms with van der Waals surface area (Å²) in [5.41, 5.74) is -1.92. The van der Waals surface area contributed by atoms with Gasteiger partial charge in [0.15, 0.2) is 0 Å². The van der Waals surface area contributed by atoms with Crippen molar-refractivity contribution < 1.29 is 18.0 Å². The van der Waals surface area contributed by atoms with Crippen LogP contribution in [0.5, 0.6) is 0 Å². The molecule has 0 radical (unpaired) electrons. The van der Waals surface area contributed by atoms with Gasteiger partial charge in [-0.1, -0.05) is 0 Å². The zero-order valence-electron chi connectivity index (χ0n) is 10.5. The van der Waals surface area contributed by atoms with Gasteiger partial charge in [0.1, 0.15) is 17.2 Å².